The van der Waals surface area contributed by atoms with Gasteiger partial charge in [-0.15, -0.1) is 0 Å². The van der Waals surface area contributed by atoms with Crippen molar-refractivity contribution in [2.45, 2.75) is 51.2 Å². The van der Waals surface area contributed by atoms with E-state index in [2.05, 4.69) is 15.2 Å². The first-order chi connectivity index (χ1) is 10.8. The first-order valence-corrected chi connectivity index (χ1v) is 8.37. The molecule has 120 valence electrons. The van der Waals surface area contributed by atoms with Crippen molar-refractivity contribution in [2.75, 3.05) is 18.4 Å². The average Bonchev–Trinajstić information content (AvgIpc) is 3.03. The molecule has 2 fully saturated rings. The fourth-order valence-electron chi connectivity index (χ4n) is 3.57. The topological polar surface area (TPSA) is 65.5 Å². The van der Waals surface area contributed by atoms with Gasteiger partial charge >= 0.3 is 0 Å². The highest BCUT2D eigenvalue weighted by molar-refractivity contribution is 5.79. The molecule has 1 aromatic rings. The molecular weight excluding hydrogens is 278 g/mol. The van der Waals surface area contributed by atoms with E-state index in [9.17, 15) is 9.90 Å². The minimum atomic E-state index is 0.0257. The number of amides is 1. The molecule has 0 radical (unpaired) electrons. The molecule has 2 atom stereocenters. The Kier molecular flexibility index (Phi) is 4.93. The van der Waals surface area contributed by atoms with E-state index in [0.29, 0.717) is 11.9 Å². The Labute approximate surface area is 131 Å². The zero-order valence-electron chi connectivity index (χ0n) is 13.0. The van der Waals surface area contributed by atoms with Crippen molar-refractivity contribution in [3.05, 3.63) is 23.9 Å². The van der Waals surface area contributed by atoms with Crippen molar-refractivity contribution in [1.29, 1.82) is 0 Å². The number of likely N-dealkylation sites (tertiary alicyclic amines) is 1. The smallest absolute Gasteiger partial charge is 0.225 e. The molecule has 0 aromatic carbocycles. The maximum atomic E-state index is 12.5. The molecule has 2 aliphatic rings. The number of aliphatic hydroxyl groups is 1. The minimum absolute atomic E-state index is 0.0257. The van der Waals surface area contributed by atoms with Crippen LogP contribution in [0.3, 0.4) is 0 Å². The Morgan fingerprint density at radius 2 is 2.14 bits per heavy atom. The van der Waals surface area contributed by atoms with E-state index >= 15 is 0 Å². The number of hydrogen-bond acceptors (Lipinski definition) is 4. The third-order valence-electron chi connectivity index (χ3n) is 4.81. The highest BCUT2D eigenvalue weighted by Crippen LogP contribution is 2.30. The van der Waals surface area contributed by atoms with Gasteiger partial charge in [-0.1, -0.05) is 0 Å². The van der Waals surface area contributed by atoms with Crippen molar-refractivity contribution in [2.24, 2.45) is 5.92 Å². The summed E-state index contributed by atoms with van der Waals surface area (Å²) < 4.78 is 0. The molecule has 1 aliphatic carbocycles. The van der Waals surface area contributed by atoms with Crippen LogP contribution < -0.4 is 5.32 Å². The summed E-state index contributed by atoms with van der Waals surface area (Å²) in [5, 5.41) is 12.6. The van der Waals surface area contributed by atoms with Gasteiger partial charge in [-0.3, -0.25) is 4.79 Å². The Hall–Kier alpha value is -1.62. The molecule has 2 N–H and O–H groups in total. The third kappa shape index (κ3) is 3.58. The molecule has 2 heterocycles. The van der Waals surface area contributed by atoms with Gasteiger partial charge in [0.05, 0.1) is 6.61 Å². The van der Waals surface area contributed by atoms with E-state index in [1.165, 1.54) is 6.42 Å². The molecule has 5 nitrogen and oxygen atoms in total. The lowest BCUT2D eigenvalue weighted by Gasteiger charge is -2.29. The molecule has 0 unspecified atom stereocenters. The van der Waals surface area contributed by atoms with Gasteiger partial charge < -0.3 is 15.3 Å². The quantitative estimate of drug-likeness (QED) is 0.894. The lowest BCUT2D eigenvalue weighted by atomic mass is 10.0. The summed E-state index contributed by atoms with van der Waals surface area (Å²) in [6.07, 6.45) is 8.13. The number of carbonyl (C=O) groups excluding carboxylic acids is 1. The Morgan fingerprint density at radius 3 is 2.91 bits per heavy atom. The lowest BCUT2D eigenvalue weighted by Crippen LogP contribution is -2.39. The molecule has 3 rings (SSSR count). The van der Waals surface area contributed by atoms with E-state index < -0.39 is 0 Å². The van der Waals surface area contributed by atoms with Crippen molar-refractivity contribution >= 4 is 11.7 Å². The molecule has 22 heavy (non-hydrogen) atoms. The molecule has 5 heteroatoms. The first-order valence-electron chi connectivity index (χ1n) is 8.37. The number of hydrogen-bond donors (Lipinski definition) is 2. The zero-order chi connectivity index (χ0) is 15.4. The summed E-state index contributed by atoms with van der Waals surface area (Å²) in [5.74, 6) is 1.31. The predicted molar refractivity (Wildman–Crippen MR) is 85.3 cm³/mol. The fourth-order valence-corrected chi connectivity index (χ4v) is 3.57. The van der Waals surface area contributed by atoms with Crippen LogP contribution in [0.2, 0.25) is 0 Å². The monoisotopic (exact) mass is 303 g/mol. The van der Waals surface area contributed by atoms with Gasteiger partial charge in [0.25, 0.3) is 0 Å². The van der Waals surface area contributed by atoms with Crippen LogP contribution in [0.25, 0.3) is 0 Å². The Morgan fingerprint density at radius 1 is 1.32 bits per heavy atom. The number of anilines is 1. The number of aliphatic hydroxyl groups excluding tert-OH is 1. The largest absolute Gasteiger partial charge is 0.392 e. The zero-order valence-corrected chi connectivity index (χ0v) is 13.0. The van der Waals surface area contributed by atoms with Gasteiger partial charge in [0, 0.05) is 31.2 Å². The first kappa shape index (κ1) is 15.3. The van der Waals surface area contributed by atoms with Crippen LogP contribution in [0.15, 0.2) is 18.3 Å². The van der Waals surface area contributed by atoms with Gasteiger partial charge in [-0.05, 0) is 56.2 Å². The number of rotatable bonds is 4. The van der Waals surface area contributed by atoms with Crippen LogP contribution in [-0.4, -0.2) is 40.0 Å². The summed E-state index contributed by atoms with van der Waals surface area (Å²) in [7, 11) is 0. The minimum Gasteiger partial charge on any atom is -0.392 e. The highest BCUT2D eigenvalue weighted by atomic mass is 16.3. The number of pyridine rings is 1. The maximum absolute atomic E-state index is 12.5. The molecule has 1 amide bonds. The summed E-state index contributed by atoms with van der Waals surface area (Å²) in [6.45, 7) is 1.90. The third-order valence-corrected chi connectivity index (χ3v) is 4.81. The second kappa shape index (κ2) is 7.09. The Bertz CT molecular complexity index is 514. The predicted octanol–water partition coefficient (Wildman–Crippen LogP) is 2.17. The molecule has 0 spiro atoms. The fraction of sp³-hybridized carbons (Fsp3) is 0.647. The van der Waals surface area contributed by atoms with E-state index in [1.54, 1.807) is 6.20 Å². The van der Waals surface area contributed by atoms with E-state index in [4.69, 9.17) is 0 Å². The summed E-state index contributed by atoms with van der Waals surface area (Å²) >= 11 is 0. The summed E-state index contributed by atoms with van der Waals surface area (Å²) in [4.78, 5) is 18.9. The van der Waals surface area contributed by atoms with Crippen molar-refractivity contribution < 1.29 is 9.90 Å². The van der Waals surface area contributed by atoms with E-state index in [-0.39, 0.29) is 12.5 Å². The maximum Gasteiger partial charge on any atom is 0.225 e. The summed E-state index contributed by atoms with van der Waals surface area (Å²) in [5.41, 5.74) is 0.858. The van der Waals surface area contributed by atoms with Gasteiger partial charge in [0.1, 0.15) is 5.82 Å². The van der Waals surface area contributed by atoms with Crippen molar-refractivity contribution in [3.8, 4) is 0 Å². The normalized spacial score (nSPS) is 25.2. The van der Waals surface area contributed by atoms with Crippen LogP contribution in [0.4, 0.5) is 5.82 Å². The summed E-state index contributed by atoms with van der Waals surface area (Å²) in [6, 6.07) is 3.99. The molecule has 1 saturated heterocycles. The van der Waals surface area contributed by atoms with Gasteiger partial charge in [-0.25, -0.2) is 4.98 Å². The standard InChI is InChI=1S/C17H25N3O2/c21-12-13-6-7-18-16(10-13)19-15-5-4-14(11-15)17(22)20-8-2-1-3-9-20/h6-7,10,14-15,21H,1-5,8-9,11-12H2,(H,18,19)/t14-,15+/m1/s1. The number of piperidine rings is 1. The van der Waals surface area contributed by atoms with Crippen LogP contribution in [0, 0.1) is 5.92 Å². The number of carbonyl (C=O) groups is 1. The second-order valence-corrected chi connectivity index (χ2v) is 6.44. The Balaban J connectivity index is 1.54. The molecule has 1 saturated carbocycles. The van der Waals surface area contributed by atoms with Gasteiger partial charge in [-0.2, -0.15) is 0 Å². The van der Waals surface area contributed by atoms with Crippen LogP contribution in [0.1, 0.15) is 44.1 Å². The van der Waals surface area contributed by atoms with Crippen LogP contribution in [-0.2, 0) is 11.4 Å². The average molecular weight is 303 g/mol. The van der Waals surface area contributed by atoms with Gasteiger partial charge in [0.15, 0.2) is 0 Å². The van der Waals surface area contributed by atoms with Crippen LogP contribution in [0.5, 0.6) is 0 Å². The van der Waals surface area contributed by atoms with E-state index in [1.807, 2.05) is 12.1 Å². The van der Waals surface area contributed by atoms with Crippen molar-refractivity contribution in [1.82, 2.24) is 9.88 Å². The van der Waals surface area contributed by atoms with Crippen LogP contribution >= 0.6 is 0 Å². The molecule has 0 bridgehead atoms. The lowest BCUT2D eigenvalue weighted by molar-refractivity contribution is -0.136. The second-order valence-electron chi connectivity index (χ2n) is 6.44. The number of nitrogens with zero attached hydrogens (tertiary/aromatic N) is 2. The van der Waals surface area contributed by atoms with Crippen molar-refractivity contribution in [3.63, 3.8) is 0 Å². The molecular formula is C17H25N3O2. The highest BCUT2D eigenvalue weighted by Gasteiger charge is 2.33. The van der Waals surface area contributed by atoms with E-state index in [0.717, 1.165) is 56.6 Å². The number of aromatic nitrogens is 1. The SMILES string of the molecule is O=C([C@@H]1CC[C@H](Nc2cc(CO)ccn2)C1)N1CCCCC1. The molecule has 1 aromatic heterocycles. The number of nitrogens with one attached hydrogen (secondary N) is 1. The van der Waals surface area contributed by atoms with Gasteiger partial charge in [0.2, 0.25) is 5.91 Å². The molecule has 1 aliphatic heterocycles.